The van der Waals surface area contributed by atoms with Gasteiger partial charge in [-0.2, -0.15) is 0 Å². The molecular formula is C20H25N3O5. The molecule has 3 N–H and O–H groups in total. The monoisotopic (exact) mass is 387 g/mol. The molecule has 1 aliphatic rings. The van der Waals surface area contributed by atoms with Crippen LogP contribution in [0, 0.1) is 6.92 Å². The summed E-state index contributed by atoms with van der Waals surface area (Å²) in [5, 5.41) is 18.9. The minimum absolute atomic E-state index is 0.0673. The van der Waals surface area contributed by atoms with Crippen LogP contribution in [0.15, 0.2) is 30.3 Å². The van der Waals surface area contributed by atoms with Crippen molar-refractivity contribution >= 4 is 34.4 Å². The molecule has 1 aliphatic heterocycles. The van der Waals surface area contributed by atoms with Gasteiger partial charge in [0.05, 0.1) is 17.7 Å². The highest BCUT2D eigenvalue weighted by molar-refractivity contribution is 6.27. The number of hydrogen-bond donors (Lipinski definition) is 3. The van der Waals surface area contributed by atoms with Gasteiger partial charge in [-0.25, -0.2) is 9.59 Å². The Bertz CT molecular complexity index is 833. The van der Waals surface area contributed by atoms with Crippen molar-refractivity contribution in [2.24, 2.45) is 0 Å². The van der Waals surface area contributed by atoms with Crippen LogP contribution >= 0.6 is 0 Å². The molecule has 0 radical (unpaired) electrons. The maximum atomic E-state index is 12.4. The number of likely N-dealkylation sites (tertiary alicyclic amines) is 1. The van der Waals surface area contributed by atoms with Crippen LogP contribution < -0.4 is 5.32 Å². The highest BCUT2D eigenvalue weighted by Gasteiger charge is 2.14. The van der Waals surface area contributed by atoms with E-state index in [0.717, 1.165) is 35.4 Å². The lowest BCUT2D eigenvalue weighted by molar-refractivity contribution is -0.159. The molecule has 1 amide bonds. The van der Waals surface area contributed by atoms with E-state index in [1.807, 2.05) is 37.3 Å². The SMILES string of the molecule is Cc1cc(NC(=O)CN2CCCCCC2)c2ccccc2n1.O=C(O)C(=O)O. The third-order valence-electron chi connectivity index (χ3n) is 4.37. The fraction of sp³-hybridized carbons (Fsp3) is 0.400. The lowest BCUT2D eigenvalue weighted by atomic mass is 10.1. The van der Waals surface area contributed by atoms with Crippen molar-refractivity contribution in [3.8, 4) is 0 Å². The third-order valence-corrected chi connectivity index (χ3v) is 4.37. The number of rotatable bonds is 3. The molecule has 8 heteroatoms. The second-order valence-electron chi connectivity index (χ2n) is 6.68. The molecule has 0 saturated carbocycles. The summed E-state index contributed by atoms with van der Waals surface area (Å²) in [5.41, 5.74) is 2.71. The van der Waals surface area contributed by atoms with Gasteiger partial charge < -0.3 is 15.5 Å². The van der Waals surface area contributed by atoms with E-state index in [1.165, 1.54) is 25.7 Å². The van der Waals surface area contributed by atoms with Crippen molar-refractivity contribution in [1.29, 1.82) is 0 Å². The minimum atomic E-state index is -1.82. The quantitative estimate of drug-likeness (QED) is 0.692. The van der Waals surface area contributed by atoms with Gasteiger partial charge in [0.1, 0.15) is 0 Å². The number of aliphatic carboxylic acids is 2. The van der Waals surface area contributed by atoms with Crippen LogP contribution in [0.3, 0.4) is 0 Å². The minimum Gasteiger partial charge on any atom is -0.473 e. The van der Waals surface area contributed by atoms with Crippen molar-refractivity contribution in [2.75, 3.05) is 25.0 Å². The number of fused-ring (bicyclic) bond motifs is 1. The van der Waals surface area contributed by atoms with Gasteiger partial charge in [-0.3, -0.25) is 14.7 Å². The Balaban J connectivity index is 0.000000409. The van der Waals surface area contributed by atoms with Gasteiger partial charge in [0.2, 0.25) is 5.91 Å². The van der Waals surface area contributed by atoms with Crippen LogP contribution in [-0.4, -0.2) is 57.6 Å². The first-order chi connectivity index (χ1) is 13.4. The Morgan fingerprint density at radius 1 is 1.04 bits per heavy atom. The summed E-state index contributed by atoms with van der Waals surface area (Å²) in [7, 11) is 0. The molecule has 28 heavy (non-hydrogen) atoms. The van der Waals surface area contributed by atoms with Gasteiger partial charge in [-0.05, 0) is 45.0 Å². The molecule has 1 saturated heterocycles. The number of carboxylic acid groups (broad SMARTS) is 2. The third kappa shape index (κ3) is 6.62. The molecule has 1 fully saturated rings. The van der Waals surface area contributed by atoms with E-state index >= 15 is 0 Å². The Hall–Kier alpha value is -3.00. The molecule has 0 aliphatic carbocycles. The number of para-hydroxylation sites is 1. The Morgan fingerprint density at radius 3 is 2.25 bits per heavy atom. The zero-order valence-electron chi connectivity index (χ0n) is 15.9. The van der Waals surface area contributed by atoms with E-state index in [4.69, 9.17) is 19.8 Å². The summed E-state index contributed by atoms with van der Waals surface area (Å²) in [4.78, 5) is 37.3. The normalized spacial score (nSPS) is 14.5. The number of nitrogens with one attached hydrogen (secondary N) is 1. The lowest BCUT2D eigenvalue weighted by Crippen LogP contribution is -2.34. The van der Waals surface area contributed by atoms with Gasteiger partial charge in [0.25, 0.3) is 0 Å². The van der Waals surface area contributed by atoms with Crippen molar-refractivity contribution in [1.82, 2.24) is 9.88 Å². The van der Waals surface area contributed by atoms with E-state index in [2.05, 4.69) is 15.2 Å². The number of carbonyl (C=O) groups excluding carboxylic acids is 1. The summed E-state index contributed by atoms with van der Waals surface area (Å²) in [6.45, 7) is 4.50. The molecule has 8 nitrogen and oxygen atoms in total. The van der Waals surface area contributed by atoms with Crippen LogP contribution in [0.4, 0.5) is 5.69 Å². The highest BCUT2D eigenvalue weighted by Crippen LogP contribution is 2.23. The number of aromatic nitrogens is 1. The lowest BCUT2D eigenvalue weighted by Gasteiger charge is -2.19. The topological polar surface area (TPSA) is 120 Å². The van der Waals surface area contributed by atoms with E-state index in [1.54, 1.807) is 0 Å². The first-order valence-corrected chi connectivity index (χ1v) is 9.21. The Labute approximate surface area is 163 Å². The maximum Gasteiger partial charge on any atom is 0.414 e. The number of carboxylic acids is 2. The van der Waals surface area contributed by atoms with E-state index < -0.39 is 11.9 Å². The predicted molar refractivity (Wildman–Crippen MR) is 105 cm³/mol. The van der Waals surface area contributed by atoms with E-state index in [0.29, 0.717) is 6.54 Å². The van der Waals surface area contributed by atoms with Gasteiger partial charge in [-0.1, -0.05) is 31.0 Å². The molecule has 1 aromatic carbocycles. The summed E-state index contributed by atoms with van der Waals surface area (Å²) >= 11 is 0. The predicted octanol–water partition coefficient (Wildman–Crippen LogP) is 2.51. The number of nitrogens with zero attached hydrogens (tertiary/aromatic N) is 2. The molecule has 2 aromatic rings. The molecule has 1 aromatic heterocycles. The summed E-state index contributed by atoms with van der Waals surface area (Å²) in [6, 6.07) is 9.88. The second-order valence-corrected chi connectivity index (χ2v) is 6.68. The molecule has 3 rings (SSSR count). The molecule has 0 atom stereocenters. The summed E-state index contributed by atoms with van der Waals surface area (Å²) in [6.07, 6.45) is 4.97. The number of hydrogen-bond acceptors (Lipinski definition) is 5. The second kappa shape index (κ2) is 10.4. The molecule has 0 unspecified atom stereocenters. The van der Waals surface area contributed by atoms with Crippen molar-refractivity contribution in [2.45, 2.75) is 32.6 Å². The largest absolute Gasteiger partial charge is 0.473 e. The smallest absolute Gasteiger partial charge is 0.414 e. The van der Waals surface area contributed by atoms with Gasteiger partial charge in [0.15, 0.2) is 0 Å². The average Bonchev–Trinajstić information content (AvgIpc) is 2.90. The summed E-state index contributed by atoms with van der Waals surface area (Å²) in [5.74, 6) is -3.58. The van der Waals surface area contributed by atoms with Crippen LogP contribution in [0.2, 0.25) is 0 Å². The molecule has 0 spiro atoms. The summed E-state index contributed by atoms with van der Waals surface area (Å²) < 4.78 is 0. The van der Waals surface area contributed by atoms with Crippen LogP contribution in [0.5, 0.6) is 0 Å². The Morgan fingerprint density at radius 2 is 1.64 bits per heavy atom. The molecule has 0 bridgehead atoms. The first kappa shape index (κ1) is 21.3. The molecule has 150 valence electrons. The average molecular weight is 387 g/mol. The fourth-order valence-corrected chi connectivity index (χ4v) is 3.10. The molecule has 2 heterocycles. The maximum absolute atomic E-state index is 12.4. The van der Waals surface area contributed by atoms with Gasteiger partial charge in [0, 0.05) is 11.1 Å². The molecular weight excluding hydrogens is 362 g/mol. The first-order valence-electron chi connectivity index (χ1n) is 9.21. The van der Waals surface area contributed by atoms with Crippen molar-refractivity contribution in [3.63, 3.8) is 0 Å². The van der Waals surface area contributed by atoms with E-state index in [-0.39, 0.29) is 5.91 Å². The fourth-order valence-electron chi connectivity index (χ4n) is 3.10. The van der Waals surface area contributed by atoms with Gasteiger partial charge in [-0.15, -0.1) is 0 Å². The standard InChI is InChI=1S/C18H23N3O.C2H2O4/c1-14-12-17(15-8-4-5-9-16(15)19-14)20-18(22)13-21-10-6-2-3-7-11-21;3-1(4)2(5)6/h4-5,8-9,12H,2-3,6-7,10-11,13H2,1H3,(H,19,20,22);(H,3,4)(H,5,6). The van der Waals surface area contributed by atoms with Crippen molar-refractivity contribution in [3.05, 3.63) is 36.0 Å². The number of anilines is 1. The van der Waals surface area contributed by atoms with Crippen LogP contribution in [-0.2, 0) is 14.4 Å². The van der Waals surface area contributed by atoms with Crippen LogP contribution in [0.25, 0.3) is 10.9 Å². The Kier molecular flexibility index (Phi) is 7.88. The highest BCUT2D eigenvalue weighted by atomic mass is 16.4. The van der Waals surface area contributed by atoms with Crippen molar-refractivity contribution < 1.29 is 24.6 Å². The van der Waals surface area contributed by atoms with E-state index in [9.17, 15) is 4.79 Å². The van der Waals surface area contributed by atoms with Crippen LogP contribution in [0.1, 0.15) is 31.4 Å². The number of benzene rings is 1. The number of pyridine rings is 1. The number of carbonyl (C=O) groups is 3. The number of aryl methyl sites for hydroxylation is 1. The zero-order valence-corrected chi connectivity index (χ0v) is 15.9. The number of amides is 1. The zero-order chi connectivity index (χ0) is 20.5. The van der Waals surface area contributed by atoms with Gasteiger partial charge >= 0.3 is 11.9 Å².